The van der Waals surface area contributed by atoms with Gasteiger partial charge in [-0.1, -0.05) is 29.3 Å². The lowest BCUT2D eigenvalue weighted by Crippen LogP contribution is -2.43. The largest absolute Gasteiger partial charge is 0.311 e. The van der Waals surface area contributed by atoms with Gasteiger partial charge in [0.25, 0.3) is 0 Å². The summed E-state index contributed by atoms with van der Waals surface area (Å²) in [6, 6.07) is 4.04. The lowest BCUT2D eigenvalue weighted by Gasteiger charge is -2.35. The summed E-state index contributed by atoms with van der Waals surface area (Å²) in [7, 11) is -3.70. The van der Waals surface area contributed by atoms with Gasteiger partial charge in [-0.2, -0.15) is 0 Å². The summed E-state index contributed by atoms with van der Waals surface area (Å²) in [6.07, 6.45) is 5.39. The minimum Gasteiger partial charge on any atom is -0.311 e. The first-order valence-electron chi connectivity index (χ1n) is 9.67. The van der Waals surface area contributed by atoms with Crippen molar-refractivity contribution in [3.05, 3.63) is 22.2 Å². The fraction of sp³-hybridized carbons (Fsp3) is 0.632. The summed E-state index contributed by atoms with van der Waals surface area (Å²) in [4.78, 5) is 16.1. The van der Waals surface area contributed by atoms with Gasteiger partial charge in [0.05, 0.1) is 5.69 Å². The molecule has 0 spiro atoms. The number of anilines is 1. The molecule has 1 atom stereocenters. The topological polar surface area (TPSA) is 69.7 Å². The van der Waals surface area contributed by atoms with Crippen molar-refractivity contribution < 1.29 is 13.2 Å². The first kappa shape index (κ1) is 20.8. The van der Waals surface area contributed by atoms with Crippen LogP contribution in [0.4, 0.5) is 5.69 Å². The molecule has 0 bridgehead atoms. The highest BCUT2D eigenvalue weighted by Crippen LogP contribution is 2.37. The molecule has 1 saturated heterocycles. The predicted molar refractivity (Wildman–Crippen MR) is 111 cm³/mol. The summed E-state index contributed by atoms with van der Waals surface area (Å²) in [5.41, 5.74) is 1.42. The van der Waals surface area contributed by atoms with Crippen molar-refractivity contribution in [2.75, 3.05) is 31.1 Å². The van der Waals surface area contributed by atoms with Gasteiger partial charge in [-0.3, -0.25) is 9.69 Å². The molecule has 2 heterocycles. The third-order valence-corrected chi connectivity index (χ3v) is 7.51. The zero-order chi connectivity index (χ0) is 19.6. The van der Waals surface area contributed by atoms with E-state index in [1.54, 1.807) is 11.0 Å². The van der Waals surface area contributed by atoms with Gasteiger partial charge in [-0.05, 0) is 49.9 Å². The maximum atomic E-state index is 13.0. The van der Waals surface area contributed by atoms with E-state index in [0.717, 1.165) is 18.5 Å². The van der Waals surface area contributed by atoms with Crippen LogP contribution in [0.3, 0.4) is 0 Å². The number of likely N-dealkylation sites (tertiary alicyclic amines) is 1. The summed E-state index contributed by atoms with van der Waals surface area (Å²) < 4.78 is 29.5. The molecule has 0 aliphatic carbocycles. The van der Waals surface area contributed by atoms with E-state index in [2.05, 4.69) is 32.5 Å². The molecule has 0 aromatic heterocycles. The van der Waals surface area contributed by atoms with E-state index in [4.69, 9.17) is 0 Å². The maximum Gasteiger partial charge on any atom is 0.242 e. The van der Waals surface area contributed by atoms with E-state index in [-0.39, 0.29) is 10.8 Å². The molecule has 0 radical (unpaired) electrons. The Kier molecular flexibility index (Phi) is 6.61. The Morgan fingerprint density at radius 3 is 2.78 bits per heavy atom. The number of benzene rings is 1. The second-order valence-corrected chi connectivity index (χ2v) is 9.97. The molecular formula is C19H28BrN3O3S. The van der Waals surface area contributed by atoms with Crippen molar-refractivity contribution in [2.24, 2.45) is 0 Å². The van der Waals surface area contributed by atoms with E-state index in [9.17, 15) is 13.2 Å². The number of halogens is 1. The van der Waals surface area contributed by atoms with Gasteiger partial charge < -0.3 is 4.90 Å². The van der Waals surface area contributed by atoms with Crippen LogP contribution in [0.15, 0.2) is 21.5 Å². The highest BCUT2D eigenvalue weighted by molar-refractivity contribution is 9.10. The van der Waals surface area contributed by atoms with Gasteiger partial charge in [-0.15, -0.1) is 0 Å². The Bertz CT molecular complexity index is 813. The van der Waals surface area contributed by atoms with Crippen LogP contribution in [0.1, 0.15) is 45.1 Å². The lowest BCUT2D eigenvalue weighted by atomic mass is 10.0. The van der Waals surface area contributed by atoms with Crippen molar-refractivity contribution in [3.63, 3.8) is 0 Å². The quantitative estimate of drug-likeness (QED) is 0.712. The number of sulfonamides is 1. The number of fused-ring (bicyclic) bond motifs is 1. The molecule has 1 unspecified atom stereocenters. The molecule has 1 aromatic rings. The minimum absolute atomic E-state index is 0.133. The van der Waals surface area contributed by atoms with Crippen molar-refractivity contribution in [3.8, 4) is 0 Å². The second-order valence-electron chi connectivity index (χ2n) is 7.32. The summed E-state index contributed by atoms with van der Waals surface area (Å²) in [6.45, 7) is 6.31. The van der Waals surface area contributed by atoms with E-state index in [1.807, 2.05) is 6.07 Å². The highest BCUT2D eigenvalue weighted by atomic mass is 79.9. The maximum absolute atomic E-state index is 13.0. The van der Waals surface area contributed by atoms with Gasteiger partial charge >= 0.3 is 0 Å². The Hall–Kier alpha value is -0.960. The Morgan fingerprint density at radius 2 is 2.07 bits per heavy atom. The average molecular weight is 458 g/mol. The van der Waals surface area contributed by atoms with E-state index >= 15 is 0 Å². The first-order valence-corrected chi connectivity index (χ1v) is 12.0. The molecule has 1 amide bonds. The molecule has 2 aliphatic rings. The number of carbonyl (C=O) groups is 1. The summed E-state index contributed by atoms with van der Waals surface area (Å²) in [5.74, 6) is -0.133. The van der Waals surface area contributed by atoms with Crippen molar-refractivity contribution >= 4 is 37.5 Å². The minimum atomic E-state index is -3.70. The number of nitrogens with zero attached hydrogens (tertiary/aromatic N) is 2. The lowest BCUT2D eigenvalue weighted by molar-refractivity contribution is -0.116. The van der Waals surface area contributed by atoms with Crippen molar-refractivity contribution in [1.29, 1.82) is 0 Å². The number of rotatable bonds is 6. The van der Waals surface area contributed by atoms with Crippen LogP contribution in [0.5, 0.6) is 0 Å². The number of hydrogen-bond acceptors (Lipinski definition) is 4. The normalized spacial score (nSPS) is 20.7. The smallest absolute Gasteiger partial charge is 0.242 e. The van der Waals surface area contributed by atoms with Crippen LogP contribution in [0.2, 0.25) is 0 Å². The molecule has 27 heavy (non-hydrogen) atoms. The second kappa shape index (κ2) is 8.59. The summed E-state index contributed by atoms with van der Waals surface area (Å²) in [5, 5.41) is 0. The molecular weight excluding hydrogens is 430 g/mol. The Balaban J connectivity index is 1.76. The third-order valence-electron chi connectivity index (χ3n) is 5.57. The molecule has 3 rings (SSSR count). The molecule has 1 fully saturated rings. The third kappa shape index (κ3) is 4.55. The van der Waals surface area contributed by atoms with Gasteiger partial charge in [-0.25, -0.2) is 13.1 Å². The number of amides is 1. The SMILES string of the molecule is CCC1CCCCN1CCNS(=O)(=O)c1cc(Br)cc2c1N(C(C)=O)CC2. The number of carbonyl (C=O) groups excluding carboxylic acids is 1. The van der Waals surface area contributed by atoms with Crippen molar-refractivity contribution in [1.82, 2.24) is 9.62 Å². The number of hydrogen-bond donors (Lipinski definition) is 1. The molecule has 6 nitrogen and oxygen atoms in total. The van der Waals surface area contributed by atoms with Gasteiger partial charge in [0.15, 0.2) is 0 Å². The number of nitrogens with one attached hydrogen (secondary N) is 1. The molecule has 1 N–H and O–H groups in total. The Labute approximate surface area is 170 Å². The van der Waals surface area contributed by atoms with Crippen LogP contribution in [0, 0.1) is 0 Å². The molecule has 0 saturated carbocycles. The highest BCUT2D eigenvalue weighted by Gasteiger charge is 2.31. The summed E-state index contributed by atoms with van der Waals surface area (Å²) >= 11 is 3.41. The fourth-order valence-corrected chi connectivity index (χ4v) is 6.16. The molecule has 150 valence electrons. The fourth-order valence-electron chi connectivity index (χ4n) is 4.21. The van der Waals surface area contributed by atoms with Crippen LogP contribution < -0.4 is 9.62 Å². The van der Waals surface area contributed by atoms with Crippen LogP contribution >= 0.6 is 15.9 Å². The van der Waals surface area contributed by atoms with Gasteiger partial charge in [0.1, 0.15) is 4.90 Å². The zero-order valence-corrected chi connectivity index (χ0v) is 18.4. The van der Waals surface area contributed by atoms with E-state index in [0.29, 0.717) is 42.3 Å². The monoisotopic (exact) mass is 457 g/mol. The first-order chi connectivity index (χ1) is 12.8. The predicted octanol–water partition coefficient (Wildman–Crippen LogP) is 2.90. The van der Waals surface area contributed by atoms with Gasteiger partial charge in [0.2, 0.25) is 15.9 Å². The Morgan fingerprint density at radius 1 is 1.30 bits per heavy atom. The zero-order valence-electron chi connectivity index (χ0n) is 16.0. The number of piperidine rings is 1. The van der Waals surface area contributed by atoms with Gasteiger partial charge in [0, 0.05) is 37.1 Å². The average Bonchev–Trinajstić information content (AvgIpc) is 3.05. The van der Waals surface area contributed by atoms with E-state index in [1.165, 1.54) is 26.2 Å². The van der Waals surface area contributed by atoms with Crippen LogP contribution in [-0.4, -0.2) is 51.4 Å². The van der Waals surface area contributed by atoms with Crippen LogP contribution in [-0.2, 0) is 21.2 Å². The van der Waals surface area contributed by atoms with E-state index < -0.39 is 10.0 Å². The molecule has 2 aliphatic heterocycles. The molecule has 1 aromatic carbocycles. The van der Waals surface area contributed by atoms with Crippen molar-refractivity contribution in [2.45, 2.75) is 56.9 Å². The standard InChI is InChI=1S/C19H28BrN3O3S/c1-3-17-6-4-5-9-22(17)11-8-21-27(25,26)18-13-16(20)12-15-7-10-23(14(2)24)19(15)18/h12-13,17,21H,3-11H2,1-2H3. The van der Waals surface area contributed by atoms with Crippen LogP contribution in [0.25, 0.3) is 0 Å². The molecule has 8 heteroatoms.